The summed E-state index contributed by atoms with van der Waals surface area (Å²) in [5, 5.41) is 0. The highest BCUT2D eigenvalue weighted by Crippen LogP contribution is 2.29. The molecule has 0 saturated heterocycles. The van der Waals surface area contributed by atoms with Gasteiger partial charge in [0.1, 0.15) is 5.82 Å². The van der Waals surface area contributed by atoms with Crippen LogP contribution in [0.4, 0.5) is 4.39 Å². The van der Waals surface area contributed by atoms with Crippen LogP contribution >= 0.6 is 0 Å². The molecule has 0 atom stereocenters. The van der Waals surface area contributed by atoms with Crippen LogP contribution in [0.1, 0.15) is 22.9 Å². The zero-order valence-electron chi connectivity index (χ0n) is 9.73. The van der Waals surface area contributed by atoms with Crippen LogP contribution in [-0.4, -0.2) is 9.97 Å². The van der Waals surface area contributed by atoms with Crippen molar-refractivity contribution in [2.75, 3.05) is 0 Å². The van der Waals surface area contributed by atoms with Crippen LogP contribution in [-0.2, 0) is 0 Å². The van der Waals surface area contributed by atoms with Gasteiger partial charge in [0.05, 0.1) is 5.92 Å². The normalized spacial score (nSPS) is 11.0. The molecular weight excluding hydrogens is 227 g/mol. The van der Waals surface area contributed by atoms with Crippen LogP contribution in [0.5, 0.6) is 0 Å². The van der Waals surface area contributed by atoms with Crippen molar-refractivity contribution in [1.82, 2.24) is 9.97 Å². The van der Waals surface area contributed by atoms with Crippen molar-refractivity contribution < 1.29 is 4.39 Å². The maximum Gasteiger partial charge on any atom is 0.123 e. The van der Waals surface area contributed by atoms with Gasteiger partial charge >= 0.3 is 0 Å². The molecule has 0 unspecified atom stereocenters. The van der Waals surface area contributed by atoms with Crippen LogP contribution in [0.15, 0.2) is 60.9 Å². The van der Waals surface area contributed by atoms with E-state index in [2.05, 4.69) is 9.97 Å². The van der Waals surface area contributed by atoms with Gasteiger partial charge in [0.15, 0.2) is 0 Å². The number of halogens is 1. The Kier molecular flexibility index (Phi) is 2.73. The lowest BCUT2D eigenvalue weighted by Crippen LogP contribution is -2.04. The third kappa shape index (κ3) is 1.95. The summed E-state index contributed by atoms with van der Waals surface area (Å²) in [6.07, 6.45) is 3.76. The largest absolute Gasteiger partial charge is 0.364 e. The van der Waals surface area contributed by atoms with Gasteiger partial charge in [-0.1, -0.05) is 12.1 Å². The van der Waals surface area contributed by atoms with E-state index in [1.165, 1.54) is 6.07 Å². The Hall–Kier alpha value is -2.29. The van der Waals surface area contributed by atoms with Gasteiger partial charge in [-0.3, -0.25) is 0 Å². The lowest BCUT2D eigenvalue weighted by Gasteiger charge is -2.15. The molecule has 0 bridgehead atoms. The van der Waals surface area contributed by atoms with Gasteiger partial charge in [0.25, 0.3) is 0 Å². The summed E-state index contributed by atoms with van der Waals surface area (Å²) in [6, 6.07) is 14.6. The second kappa shape index (κ2) is 4.53. The fraction of sp³-hybridized carbons (Fsp3) is 0.0667. The highest BCUT2D eigenvalue weighted by atomic mass is 19.1. The van der Waals surface area contributed by atoms with Gasteiger partial charge in [-0.25, -0.2) is 4.39 Å². The minimum Gasteiger partial charge on any atom is -0.364 e. The standard InChI is InChI=1S/C15H13FN2/c16-12-5-1-4-11(10-12)15(13-6-2-8-17-13)14-7-3-9-18-14/h1-10,15,17-18H. The Morgan fingerprint density at radius 1 is 0.833 bits per heavy atom. The molecule has 0 aliphatic rings. The Morgan fingerprint density at radius 3 is 2.00 bits per heavy atom. The molecule has 3 aromatic rings. The summed E-state index contributed by atoms with van der Waals surface area (Å²) in [5.41, 5.74) is 3.02. The molecule has 2 nitrogen and oxygen atoms in total. The van der Waals surface area contributed by atoms with Crippen LogP contribution in [0.25, 0.3) is 0 Å². The number of nitrogens with one attached hydrogen (secondary N) is 2. The van der Waals surface area contributed by atoms with Crippen molar-refractivity contribution in [2.24, 2.45) is 0 Å². The summed E-state index contributed by atoms with van der Waals surface area (Å²) >= 11 is 0. The van der Waals surface area contributed by atoms with E-state index >= 15 is 0 Å². The fourth-order valence-corrected chi connectivity index (χ4v) is 2.26. The van der Waals surface area contributed by atoms with E-state index in [0.717, 1.165) is 17.0 Å². The molecule has 3 heteroatoms. The lowest BCUT2D eigenvalue weighted by atomic mass is 9.92. The summed E-state index contributed by atoms with van der Waals surface area (Å²) in [7, 11) is 0. The van der Waals surface area contributed by atoms with Crippen LogP contribution in [0, 0.1) is 5.82 Å². The molecule has 90 valence electrons. The maximum absolute atomic E-state index is 13.4. The van der Waals surface area contributed by atoms with E-state index in [1.54, 1.807) is 12.1 Å². The summed E-state index contributed by atoms with van der Waals surface area (Å²) in [4.78, 5) is 6.40. The maximum atomic E-state index is 13.4. The van der Waals surface area contributed by atoms with E-state index in [0.29, 0.717) is 0 Å². The first-order valence-electron chi connectivity index (χ1n) is 5.86. The summed E-state index contributed by atoms with van der Waals surface area (Å²) in [6.45, 7) is 0. The predicted octanol–water partition coefficient (Wildman–Crippen LogP) is 3.66. The monoisotopic (exact) mass is 240 g/mol. The molecule has 2 aromatic heterocycles. The zero-order valence-corrected chi connectivity index (χ0v) is 9.73. The molecule has 0 fully saturated rings. The van der Waals surface area contributed by atoms with Gasteiger partial charge in [-0.2, -0.15) is 0 Å². The van der Waals surface area contributed by atoms with Crippen LogP contribution in [0.2, 0.25) is 0 Å². The van der Waals surface area contributed by atoms with Crippen molar-refractivity contribution in [3.05, 3.63) is 83.7 Å². The topological polar surface area (TPSA) is 31.6 Å². The Bertz CT molecular complexity index is 578. The number of aromatic nitrogens is 2. The third-order valence-corrected chi connectivity index (χ3v) is 3.05. The zero-order chi connectivity index (χ0) is 12.4. The number of hydrogen-bond donors (Lipinski definition) is 2. The number of rotatable bonds is 3. The number of H-pyrrole nitrogens is 2. The Balaban J connectivity index is 2.11. The quantitative estimate of drug-likeness (QED) is 0.700. The first kappa shape index (κ1) is 10.8. The van der Waals surface area contributed by atoms with E-state index in [4.69, 9.17) is 0 Å². The van der Waals surface area contributed by atoms with Gasteiger partial charge in [-0.05, 0) is 42.0 Å². The number of hydrogen-bond acceptors (Lipinski definition) is 0. The molecule has 0 aliphatic carbocycles. The molecule has 18 heavy (non-hydrogen) atoms. The molecule has 0 amide bonds. The average Bonchev–Trinajstić information content (AvgIpc) is 3.02. The van der Waals surface area contributed by atoms with Crippen molar-refractivity contribution in [3.63, 3.8) is 0 Å². The highest BCUT2D eigenvalue weighted by molar-refractivity contribution is 5.37. The molecule has 0 spiro atoms. The molecule has 3 rings (SSSR count). The molecule has 1 aromatic carbocycles. The molecular formula is C15H13FN2. The fourth-order valence-electron chi connectivity index (χ4n) is 2.26. The van der Waals surface area contributed by atoms with E-state index < -0.39 is 0 Å². The summed E-state index contributed by atoms with van der Waals surface area (Å²) < 4.78 is 13.4. The van der Waals surface area contributed by atoms with Crippen molar-refractivity contribution in [3.8, 4) is 0 Å². The summed E-state index contributed by atoms with van der Waals surface area (Å²) in [5.74, 6) is -0.207. The van der Waals surface area contributed by atoms with E-state index in [9.17, 15) is 4.39 Å². The highest BCUT2D eigenvalue weighted by Gasteiger charge is 2.18. The van der Waals surface area contributed by atoms with Crippen LogP contribution < -0.4 is 0 Å². The molecule has 2 heterocycles. The Labute approximate surface area is 104 Å². The minimum absolute atomic E-state index is 0.00528. The van der Waals surface area contributed by atoms with Gasteiger partial charge in [-0.15, -0.1) is 0 Å². The minimum atomic E-state index is -0.212. The molecule has 2 N–H and O–H groups in total. The molecule has 0 aliphatic heterocycles. The van der Waals surface area contributed by atoms with Crippen molar-refractivity contribution in [1.29, 1.82) is 0 Å². The van der Waals surface area contributed by atoms with Gasteiger partial charge < -0.3 is 9.97 Å². The van der Waals surface area contributed by atoms with E-state index in [-0.39, 0.29) is 11.7 Å². The lowest BCUT2D eigenvalue weighted by molar-refractivity contribution is 0.624. The van der Waals surface area contributed by atoms with Gasteiger partial charge in [0, 0.05) is 23.8 Å². The first-order chi connectivity index (χ1) is 8.84. The van der Waals surface area contributed by atoms with Crippen molar-refractivity contribution in [2.45, 2.75) is 5.92 Å². The van der Waals surface area contributed by atoms with Crippen LogP contribution in [0.3, 0.4) is 0 Å². The van der Waals surface area contributed by atoms with Gasteiger partial charge in [0.2, 0.25) is 0 Å². The Morgan fingerprint density at radius 2 is 1.50 bits per heavy atom. The van der Waals surface area contributed by atoms with E-state index in [1.807, 2.05) is 42.7 Å². The first-order valence-corrected chi connectivity index (χ1v) is 5.86. The predicted molar refractivity (Wildman–Crippen MR) is 68.9 cm³/mol. The second-order valence-corrected chi connectivity index (χ2v) is 4.24. The third-order valence-electron chi connectivity index (χ3n) is 3.05. The number of aromatic amines is 2. The smallest absolute Gasteiger partial charge is 0.123 e. The second-order valence-electron chi connectivity index (χ2n) is 4.24. The van der Waals surface area contributed by atoms with Crippen molar-refractivity contribution >= 4 is 0 Å². The molecule has 0 saturated carbocycles. The average molecular weight is 240 g/mol. The molecule has 0 radical (unpaired) electrons. The SMILES string of the molecule is Fc1cccc(C(c2ccc[nH]2)c2ccc[nH]2)c1. The number of benzene rings is 1.